The zero-order valence-electron chi connectivity index (χ0n) is 35.3. The molecule has 0 radical (unpaired) electrons. The van der Waals surface area contributed by atoms with Crippen molar-refractivity contribution in [2.24, 2.45) is 0 Å². The second kappa shape index (κ2) is 17.3. The summed E-state index contributed by atoms with van der Waals surface area (Å²) in [5, 5.41) is 38.2. The molecule has 3 heterocycles. The number of aromatic nitrogens is 3. The van der Waals surface area contributed by atoms with Crippen molar-refractivity contribution in [1.82, 2.24) is 25.1 Å². The number of nitrogens with one attached hydrogen (secondary N) is 1. The molecule has 13 nitrogen and oxygen atoms in total. The summed E-state index contributed by atoms with van der Waals surface area (Å²) in [5.74, 6) is 1.76. The molecule has 0 aromatic carbocycles. The molecule has 0 saturated carbocycles. The van der Waals surface area contributed by atoms with Gasteiger partial charge in [-0.25, -0.2) is 0 Å². The summed E-state index contributed by atoms with van der Waals surface area (Å²) >= 11 is 0. The SMILES string of the molecule is CCCCN(c1nc(NCCO)nc(N(CCCC)C2CC(C)(C)N(OCC(C)(C)O)C(C)(C)C2)n1)C1CC(C)(C)N(OCC(C)(C)O)C(C)(C)C1. The molecule has 302 valence electrons. The average Bonchev–Trinajstić information content (AvgIpc) is 2.97. The standard InChI is InChI=1S/C39H76N8O5/c1-15-17-20-44(29-23-34(3,4)46(35(5,6)24-29)51-27-38(11,12)49)32-41-31(40-19-22-48)42-33(43-32)45(21-18-16-2)30-25-36(7,8)47(37(9,10)26-30)52-28-39(13,14)50/h29-30,48-50H,15-28H2,1-14H3,(H,40,41,42,43). The van der Waals surface area contributed by atoms with E-state index in [1.165, 1.54) is 0 Å². The van der Waals surface area contributed by atoms with E-state index < -0.39 is 11.2 Å². The zero-order valence-corrected chi connectivity index (χ0v) is 35.3. The quantitative estimate of drug-likeness (QED) is 0.133. The maximum atomic E-state index is 10.5. The van der Waals surface area contributed by atoms with Crippen LogP contribution in [0.1, 0.15) is 148 Å². The van der Waals surface area contributed by atoms with Crippen molar-refractivity contribution >= 4 is 17.8 Å². The van der Waals surface area contributed by atoms with Crippen LogP contribution in [0.4, 0.5) is 17.8 Å². The first-order chi connectivity index (χ1) is 23.9. The van der Waals surface area contributed by atoms with Gasteiger partial charge in [-0.05, 0) is 122 Å². The highest BCUT2D eigenvalue weighted by Crippen LogP contribution is 2.44. The summed E-state index contributed by atoms with van der Waals surface area (Å²) in [6.07, 6.45) is 7.31. The van der Waals surface area contributed by atoms with Gasteiger partial charge in [-0.1, -0.05) is 26.7 Å². The summed E-state index contributed by atoms with van der Waals surface area (Å²) in [6.45, 7) is 31.5. The minimum absolute atomic E-state index is 0.0353. The number of piperidine rings is 2. The third-order valence-corrected chi connectivity index (χ3v) is 10.1. The van der Waals surface area contributed by atoms with E-state index >= 15 is 0 Å². The largest absolute Gasteiger partial charge is 0.395 e. The van der Waals surface area contributed by atoms with Gasteiger partial charge in [-0.2, -0.15) is 25.1 Å². The first-order valence-corrected chi connectivity index (χ1v) is 19.8. The molecular weight excluding hydrogens is 660 g/mol. The van der Waals surface area contributed by atoms with Crippen molar-refractivity contribution in [3.8, 4) is 0 Å². The van der Waals surface area contributed by atoms with Crippen LogP contribution in [0.2, 0.25) is 0 Å². The smallest absolute Gasteiger partial charge is 0.232 e. The van der Waals surface area contributed by atoms with Crippen molar-refractivity contribution in [1.29, 1.82) is 0 Å². The molecule has 0 amide bonds. The van der Waals surface area contributed by atoms with Crippen LogP contribution in [0.3, 0.4) is 0 Å². The fourth-order valence-corrected chi connectivity index (χ4v) is 8.41. The molecule has 0 bridgehead atoms. The van der Waals surface area contributed by atoms with Crippen molar-refractivity contribution < 1.29 is 25.0 Å². The van der Waals surface area contributed by atoms with Gasteiger partial charge in [-0.15, -0.1) is 0 Å². The number of anilines is 3. The highest BCUT2D eigenvalue weighted by atomic mass is 16.7. The van der Waals surface area contributed by atoms with E-state index in [1.807, 2.05) is 0 Å². The van der Waals surface area contributed by atoms with Crippen molar-refractivity contribution in [3.05, 3.63) is 0 Å². The van der Waals surface area contributed by atoms with Gasteiger partial charge >= 0.3 is 0 Å². The van der Waals surface area contributed by atoms with Gasteiger partial charge in [0.1, 0.15) is 0 Å². The molecule has 3 rings (SSSR count). The lowest BCUT2D eigenvalue weighted by Gasteiger charge is -2.56. The second-order valence-electron chi connectivity index (χ2n) is 19.1. The van der Waals surface area contributed by atoms with Gasteiger partial charge in [-0.3, -0.25) is 9.68 Å². The van der Waals surface area contributed by atoms with E-state index in [0.717, 1.165) is 64.5 Å². The molecule has 2 aliphatic heterocycles. The van der Waals surface area contributed by atoms with Gasteiger partial charge < -0.3 is 30.4 Å². The van der Waals surface area contributed by atoms with Gasteiger partial charge in [0.2, 0.25) is 17.8 Å². The highest BCUT2D eigenvalue weighted by molar-refractivity contribution is 5.47. The Bertz CT molecular complexity index is 1140. The Balaban J connectivity index is 2.09. The molecule has 2 fully saturated rings. The van der Waals surface area contributed by atoms with Gasteiger partial charge in [0.05, 0.1) is 31.0 Å². The number of hydroxylamine groups is 4. The molecule has 2 saturated heterocycles. The summed E-state index contributed by atoms with van der Waals surface area (Å²) in [4.78, 5) is 32.9. The minimum atomic E-state index is -0.941. The maximum Gasteiger partial charge on any atom is 0.232 e. The Morgan fingerprint density at radius 1 is 0.673 bits per heavy atom. The van der Waals surface area contributed by atoms with E-state index in [-0.39, 0.29) is 54.1 Å². The Kier molecular flexibility index (Phi) is 14.8. The van der Waals surface area contributed by atoms with Crippen molar-refractivity contribution in [2.75, 3.05) is 54.6 Å². The van der Waals surface area contributed by atoms with E-state index in [4.69, 9.17) is 24.6 Å². The third-order valence-electron chi connectivity index (χ3n) is 10.1. The molecule has 1 aromatic heterocycles. The van der Waals surface area contributed by atoms with Crippen LogP contribution in [0.25, 0.3) is 0 Å². The van der Waals surface area contributed by atoms with Crippen molar-refractivity contribution in [3.63, 3.8) is 0 Å². The Morgan fingerprint density at radius 3 is 1.31 bits per heavy atom. The molecule has 2 aliphatic rings. The molecule has 4 N–H and O–H groups in total. The first kappa shape index (κ1) is 44.5. The minimum Gasteiger partial charge on any atom is -0.395 e. The second-order valence-corrected chi connectivity index (χ2v) is 19.1. The lowest BCUT2D eigenvalue weighted by Crippen LogP contribution is -2.65. The van der Waals surface area contributed by atoms with Crippen LogP contribution in [0, 0.1) is 0 Å². The third kappa shape index (κ3) is 12.1. The average molecular weight is 737 g/mol. The van der Waals surface area contributed by atoms with Gasteiger partial charge in [0.25, 0.3) is 0 Å². The van der Waals surface area contributed by atoms with Crippen LogP contribution >= 0.6 is 0 Å². The molecule has 13 heteroatoms. The summed E-state index contributed by atoms with van der Waals surface area (Å²) in [7, 11) is 0. The number of unbranched alkanes of at least 4 members (excludes halogenated alkanes) is 2. The van der Waals surface area contributed by atoms with Crippen LogP contribution in [0.15, 0.2) is 0 Å². The zero-order chi connectivity index (χ0) is 39.3. The van der Waals surface area contributed by atoms with Crippen LogP contribution in [-0.2, 0) is 9.68 Å². The highest BCUT2D eigenvalue weighted by Gasteiger charge is 2.50. The monoisotopic (exact) mass is 737 g/mol. The van der Waals surface area contributed by atoms with Crippen LogP contribution in [-0.4, -0.2) is 125 Å². The molecule has 0 unspecified atom stereocenters. The Hall–Kier alpha value is -1.87. The number of aliphatic hydroxyl groups excluding tert-OH is 1. The number of hydrogen-bond donors (Lipinski definition) is 4. The number of hydrogen-bond acceptors (Lipinski definition) is 13. The predicted octanol–water partition coefficient (Wildman–Crippen LogP) is 5.94. The van der Waals surface area contributed by atoms with E-state index in [0.29, 0.717) is 24.4 Å². The van der Waals surface area contributed by atoms with Crippen LogP contribution in [0.5, 0.6) is 0 Å². The Labute approximate surface area is 315 Å². The molecule has 0 aliphatic carbocycles. The molecule has 0 spiro atoms. The molecule has 52 heavy (non-hydrogen) atoms. The van der Waals surface area contributed by atoms with Crippen molar-refractivity contribution in [2.45, 2.75) is 194 Å². The summed E-state index contributed by atoms with van der Waals surface area (Å²) < 4.78 is 0. The maximum absolute atomic E-state index is 10.5. The van der Waals surface area contributed by atoms with E-state index in [1.54, 1.807) is 27.7 Å². The summed E-state index contributed by atoms with van der Waals surface area (Å²) in [6, 6.07) is 0.246. The molecule has 0 atom stereocenters. The normalized spacial score (nSPS) is 21.3. The fourth-order valence-electron chi connectivity index (χ4n) is 8.41. The fraction of sp³-hybridized carbons (Fsp3) is 0.923. The predicted molar refractivity (Wildman–Crippen MR) is 210 cm³/mol. The molecular formula is C39H76N8O5. The lowest BCUT2D eigenvalue weighted by molar-refractivity contribution is -0.298. The topological polar surface area (TPSA) is 143 Å². The molecule has 1 aromatic rings. The van der Waals surface area contributed by atoms with E-state index in [9.17, 15) is 15.3 Å². The van der Waals surface area contributed by atoms with Gasteiger partial charge in [0.15, 0.2) is 0 Å². The lowest BCUT2D eigenvalue weighted by atomic mass is 9.78. The first-order valence-electron chi connectivity index (χ1n) is 19.8. The summed E-state index contributed by atoms with van der Waals surface area (Å²) in [5.41, 5.74) is -3.21. The number of aliphatic hydroxyl groups is 3. The van der Waals surface area contributed by atoms with Crippen LogP contribution < -0.4 is 15.1 Å². The Morgan fingerprint density at radius 2 is 1.02 bits per heavy atom. The van der Waals surface area contributed by atoms with E-state index in [2.05, 4.69) is 94.5 Å². The van der Waals surface area contributed by atoms with Gasteiger partial charge in [0, 0.05) is 53.9 Å². The number of rotatable bonds is 19. The number of nitrogens with zero attached hydrogens (tertiary/aromatic N) is 7.